The number of hydrogen-bond acceptors (Lipinski definition) is 2. The minimum absolute atomic E-state index is 1.03. The molecule has 0 aliphatic carbocycles. The van der Waals surface area contributed by atoms with Crippen LogP contribution in [0.15, 0.2) is 6.07 Å². The number of hydrogen-bond donors (Lipinski definition) is 0. The van der Waals surface area contributed by atoms with Gasteiger partial charge < -0.3 is 0 Å². The zero-order chi connectivity index (χ0) is 29.5. The van der Waals surface area contributed by atoms with Gasteiger partial charge in [-0.25, -0.2) is 9.97 Å². The maximum Gasteiger partial charge on any atom is 0.128 e. The summed E-state index contributed by atoms with van der Waals surface area (Å²) in [5, 5.41) is 0. The zero-order valence-electron chi connectivity index (χ0n) is 28.6. The van der Waals surface area contributed by atoms with E-state index in [4.69, 9.17) is 9.97 Å². The molecule has 0 fully saturated rings. The molecular weight excluding hydrogens is 496 g/mol. The standard InChI is InChI=1S/C39H74N2/c1-4-7-9-11-13-15-17-19-21-23-25-27-29-31-34-37-36-38(41-39(40-37)33-6-3)35-32-30-28-26-24-22-20-18-16-14-12-10-8-5-2/h36H,4-35H2,1-3H3. The first-order valence-corrected chi connectivity index (χ1v) is 19.2. The van der Waals surface area contributed by atoms with Gasteiger partial charge in [0.05, 0.1) is 0 Å². The molecule has 0 bridgehead atoms. The van der Waals surface area contributed by atoms with E-state index in [1.54, 1.807) is 0 Å². The fourth-order valence-electron chi connectivity index (χ4n) is 6.21. The van der Waals surface area contributed by atoms with Gasteiger partial charge in [0, 0.05) is 17.8 Å². The summed E-state index contributed by atoms with van der Waals surface area (Å²) >= 11 is 0. The highest BCUT2D eigenvalue weighted by Gasteiger charge is 2.06. The van der Waals surface area contributed by atoms with Crippen molar-refractivity contribution < 1.29 is 0 Å². The van der Waals surface area contributed by atoms with Gasteiger partial charge in [-0.15, -0.1) is 0 Å². The van der Waals surface area contributed by atoms with Crippen LogP contribution in [0, 0.1) is 0 Å². The van der Waals surface area contributed by atoms with Crippen molar-refractivity contribution in [2.45, 2.75) is 226 Å². The third-order valence-corrected chi connectivity index (χ3v) is 8.93. The van der Waals surface area contributed by atoms with Crippen molar-refractivity contribution in [1.82, 2.24) is 9.97 Å². The second-order valence-corrected chi connectivity index (χ2v) is 13.2. The third kappa shape index (κ3) is 25.3. The Kier molecular flexibility index (Phi) is 28.4. The van der Waals surface area contributed by atoms with Crippen LogP contribution in [0.4, 0.5) is 0 Å². The van der Waals surface area contributed by atoms with E-state index in [1.807, 2.05) is 0 Å². The highest BCUT2D eigenvalue weighted by atomic mass is 14.9. The fraction of sp³-hybridized carbons (Fsp3) is 0.897. The van der Waals surface area contributed by atoms with Crippen LogP contribution < -0.4 is 0 Å². The lowest BCUT2D eigenvalue weighted by Gasteiger charge is -2.09. The highest BCUT2D eigenvalue weighted by Crippen LogP contribution is 2.16. The van der Waals surface area contributed by atoms with Crippen molar-refractivity contribution in [3.05, 3.63) is 23.3 Å². The van der Waals surface area contributed by atoms with Gasteiger partial charge >= 0.3 is 0 Å². The molecule has 41 heavy (non-hydrogen) atoms. The lowest BCUT2D eigenvalue weighted by molar-refractivity contribution is 0.534. The van der Waals surface area contributed by atoms with E-state index in [2.05, 4.69) is 26.8 Å². The molecule has 0 radical (unpaired) electrons. The number of nitrogens with zero attached hydrogens (tertiary/aromatic N) is 2. The molecular formula is C39H74N2. The smallest absolute Gasteiger partial charge is 0.128 e. The summed E-state index contributed by atoms with van der Waals surface area (Å²) in [4.78, 5) is 9.86. The normalized spacial score (nSPS) is 11.5. The minimum Gasteiger partial charge on any atom is -0.238 e. The van der Waals surface area contributed by atoms with E-state index in [0.717, 1.165) is 31.5 Å². The summed E-state index contributed by atoms with van der Waals surface area (Å²) in [6, 6.07) is 2.34. The molecule has 0 aliphatic heterocycles. The molecule has 2 heteroatoms. The SMILES string of the molecule is CCCCCCCCCCCCCCCCc1cc(CCCCCCCCCCCCCCCC)nc(CCC)n1. The molecule has 1 heterocycles. The number of rotatable bonds is 32. The molecule has 0 atom stereocenters. The summed E-state index contributed by atoms with van der Waals surface area (Å²) in [6.07, 6.45) is 44.2. The Hall–Kier alpha value is -0.920. The number of unbranched alkanes of at least 4 members (excludes halogenated alkanes) is 26. The van der Waals surface area contributed by atoms with E-state index in [-0.39, 0.29) is 0 Å². The average molecular weight is 571 g/mol. The number of aryl methyl sites for hydroxylation is 3. The molecule has 0 aliphatic rings. The number of aromatic nitrogens is 2. The lowest BCUT2D eigenvalue weighted by atomic mass is 10.0. The quantitative estimate of drug-likeness (QED) is 0.0805. The van der Waals surface area contributed by atoms with E-state index in [1.165, 1.54) is 191 Å². The first-order chi connectivity index (χ1) is 20.3. The summed E-state index contributed by atoms with van der Waals surface area (Å²) in [7, 11) is 0. The molecule has 0 unspecified atom stereocenters. The second-order valence-electron chi connectivity index (χ2n) is 13.2. The third-order valence-electron chi connectivity index (χ3n) is 8.93. The summed E-state index contributed by atoms with van der Waals surface area (Å²) < 4.78 is 0. The van der Waals surface area contributed by atoms with Crippen molar-refractivity contribution in [2.75, 3.05) is 0 Å². The van der Waals surface area contributed by atoms with Gasteiger partial charge in [-0.05, 0) is 38.2 Å². The fourth-order valence-corrected chi connectivity index (χ4v) is 6.21. The van der Waals surface area contributed by atoms with Crippen LogP contribution in [0.1, 0.15) is 224 Å². The lowest BCUT2D eigenvalue weighted by Crippen LogP contribution is -2.04. The molecule has 1 aromatic rings. The zero-order valence-corrected chi connectivity index (χ0v) is 28.6. The largest absolute Gasteiger partial charge is 0.238 e. The summed E-state index contributed by atoms with van der Waals surface area (Å²) in [6.45, 7) is 6.85. The van der Waals surface area contributed by atoms with Gasteiger partial charge in [0.1, 0.15) is 5.82 Å². The Morgan fingerprint density at radius 2 is 0.585 bits per heavy atom. The molecule has 240 valence electrons. The van der Waals surface area contributed by atoms with E-state index in [0.29, 0.717) is 0 Å². The molecule has 0 N–H and O–H groups in total. The second kappa shape index (κ2) is 30.5. The van der Waals surface area contributed by atoms with Gasteiger partial charge in [0.25, 0.3) is 0 Å². The van der Waals surface area contributed by atoms with Crippen molar-refractivity contribution in [3.63, 3.8) is 0 Å². The van der Waals surface area contributed by atoms with Crippen LogP contribution in [-0.4, -0.2) is 9.97 Å². The van der Waals surface area contributed by atoms with Crippen LogP contribution in [0.5, 0.6) is 0 Å². The molecule has 0 amide bonds. The van der Waals surface area contributed by atoms with Crippen LogP contribution in [0.3, 0.4) is 0 Å². The molecule has 0 spiro atoms. The van der Waals surface area contributed by atoms with Crippen LogP contribution in [0.2, 0.25) is 0 Å². The van der Waals surface area contributed by atoms with Crippen LogP contribution >= 0.6 is 0 Å². The highest BCUT2D eigenvalue weighted by molar-refractivity contribution is 5.12. The maximum atomic E-state index is 4.93. The Morgan fingerprint density at radius 3 is 0.854 bits per heavy atom. The van der Waals surface area contributed by atoms with Gasteiger partial charge in [-0.2, -0.15) is 0 Å². The van der Waals surface area contributed by atoms with Gasteiger partial charge in [-0.3, -0.25) is 0 Å². The molecule has 1 aromatic heterocycles. The molecule has 2 nitrogen and oxygen atoms in total. The molecule has 0 saturated heterocycles. The first kappa shape index (κ1) is 38.1. The maximum absolute atomic E-state index is 4.93. The van der Waals surface area contributed by atoms with Crippen molar-refractivity contribution >= 4 is 0 Å². The Labute approximate surface area is 259 Å². The van der Waals surface area contributed by atoms with E-state index in [9.17, 15) is 0 Å². The van der Waals surface area contributed by atoms with Crippen LogP contribution in [0.25, 0.3) is 0 Å². The predicted molar refractivity (Wildman–Crippen MR) is 184 cm³/mol. The van der Waals surface area contributed by atoms with Crippen molar-refractivity contribution in [1.29, 1.82) is 0 Å². The predicted octanol–water partition coefficient (Wildman–Crippen LogP) is 13.5. The Morgan fingerprint density at radius 1 is 0.317 bits per heavy atom. The van der Waals surface area contributed by atoms with E-state index < -0.39 is 0 Å². The topological polar surface area (TPSA) is 25.8 Å². The van der Waals surface area contributed by atoms with Gasteiger partial charge in [0.15, 0.2) is 0 Å². The van der Waals surface area contributed by atoms with Crippen molar-refractivity contribution in [3.8, 4) is 0 Å². The Balaban J connectivity index is 2.06. The van der Waals surface area contributed by atoms with Gasteiger partial charge in [-0.1, -0.05) is 188 Å². The van der Waals surface area contributed by atoms with Gasteiger partial charge in [0.2, 0.25) is 0 Å². The summed E-state index contributed by atoms with van der Waals surface area (Å²) in [5.41, 5.74) is 2.62. The summed E-state index contributed by atoms with van der Waals surface area (Å²) in [5.74, 6) is 1.09. The minimum atomic E-state index is 1.03. The molecule has 0 saturated carbocycles. The Bertz CT molecular complexity index is 605. The first-order valence-electron chi connectivity index (χ1n) is 19.2. The van der Waals surface area contributed by atoms with Crippen LogP contribution in [-0.2, 0) is 19.3 Å². The van der Waals surface area contributed by atoms with Crippen molar-refractivity contribution in [2.24, 2.45) is 0 Å². The molecule has 1 rings (SSSR count). The monoisotopic (exact) mass is 571 g/mol. The van der Waals surface area contributed by atoms with E-state index >= 15 is 0 Å². The molecule has 0 aromatic carbocycles. The average Bonchev–Trinajstić information content (AvgIpc) is 2.97.